The Morgan fingerprint density at radius 2 is 2.09 bits per heavy atom. The maximum atomic E-state index is 12.2. The highest BCUT2D eigenvalue weighted by Gasteiger charge is 2.45. The standard InChI is InChI=1S/C16H21N3O4/c1-23-12-4-2-10(3-5-12)7-17-11-6-14-15(21)18-13(9-20)16(22)19(14)8-11/h2-5,11,13-14,17,20H,6-9H2,1H3,(H,18,21)/t11-,13-,14-/m0/s1. The molecule has 3 atom stereocenters. The van der Waals surface area contributed by atoms with Gasteiger partial charge >= 0.3 is 0 Å². The molecule has 2 heterocycles. The zero-order valence-electron chi connectivity index (χ0n) is 13.0. The van der Waals surface area contributed by atoms with Crippen molar-refractivity contribution in [2.24, 2.45) is 0 Å². The summed E-state index contributed by atoms with van der Waals surface area (Å²) in [5.41, 5.74) is 1.11. The van der Waals surface area contributed by atoms with E-state index in [0.717, 1.165) is 11.3 Å². The van der Waals surface area contributed by atoms with Crippen molar-refractivity contribution in [2.75, 3.05) is 20.3 Å². The van der Waals surface area contributed by atoms with E-state index < -0.39 is 12.1 Å². The molecule has 2 saturated heterocycles. The predicted molar refractivity (Wildman–Crippen MR) is 82.8 cm³/mol. The quantitative estimate of drug-likeness (QED) is 0.664. The van der Waals surface area contributed by atoms with Gasteiger partial charge in [-0.3, -0.25) is 9.59 Å². The number of amides is 2. The highest BCUT2D eigenvalue weighted by molar-refractivity contribution is 5.97. The third-order valence-electron chi connectivity index (χ3n) is 4.44. The number of nitrogens with zero attached hydrogens (tertiary/aromatic N) is 1. The van der Waals surface area contributed by atoms with Crippen LogP contribution in [-0.4, -0.2) is 60.2 Å². The molecule has 23 heavy (non-hydrogen) atoms. The molecule has 1 aromatic rings. The Hall–Kier alpha value is -2.12. The second-order valence-electron chi connectivity index (χ2n) is 5.91. The maximum Gasteiger partial charge on any atom is 0.248 e. The van der Waals surface area contributed by atoms with Gasteiger partial charge < -0.3 is 25.4 Å². The van der Waals surface area contributed by atoms with Gasteiger partial charge in [0.2, 0.25) is 11.8 Å². The molecule has 0 spiro atoms. The Bertz CT molecular complexity index is 589. The summed E-state index contributed by atoms with van der Waals surface area (Å²) in [7, 11) is 1.63. The lowest BCUT2D eigenvalue weighted by atomic mass is 10.1. The monoisotopic (exact) mass is 319 g/mol. The third kappa shape index (κ3) is 3.16. The lowest BCUT2D eigenvalue weighted by molar-refractivity contribution is -0.148. The molecular weight excluding hydrogens is 298 g/mol. The molecule has 2 fully saturated rings. The van der Waals surface area contributed by atoms with Gasteiger partial charge in [-0.1, -0.05) is 12.1 Å². The first kappa shape index (κ1) is 15.8. The molecule has 2 aliphatic heterocycles. The van der Waals surface area contributed by atoms with E-state index in [4.69, 9.17) is 4.74 Å². The SMILES string of the molecule is COc1ccc(CN[C@H]2C[C@H]3C(=O)N[C@@H](CO)C(=O)N3C2)cc1. The number of hydrogen-bond acceptors (Lipinski definition) is 5. The van der Waals surface area contributed by atoms with Crippen molar-refractivity contribution in [3.05, 3.63) is 29.8 Å². The van der Waals surface area contributed by atoms with Gasteiger partial charge in [-0.15, -0.1) is 0 Å². The first-order valence-electron chi connectivity index (χ1n) is 7.70. The summed E-state index contributed by atoms with van der Waals surface area (Å²) in [5.74, 6) is 0.423. The van der Waals surface area contributed by atoms with E-state index in [-0.39, 0.29) is 24.5 Å². The van der Waals surface area contributed by atoms with Crippen molar-refractivity contribution in [2.45, 2.75) is 31.1 Å². The van der Waals surface area contributed by atoms with Crippen LogP contribution in [0, 0.1) is 0 Å². The Labute approximate surface area is 134 Å². The second kappa shape index (κ2) is 6.55. The van der Waals surface area contributed by atoms with Gasteiger partial charge in [0.1, 0.15) is 17.8 Å². The molecule has 3 rings (SSSR count). The highest BCUT2D eigenvalue weighted by Crippen LogP contribution is 2.23. The van der Waals surface area contributed by atoms with Crippen molar-refractivity contribution in [3.63, 3.8) is 0 Å². The third-order valence-corrected chi connectivity index (χ3v) is 4.44. The molecule has 0 unspecified atom stereocenters. The van der Waals surface area contributed by atoms with Gasteiger partial charge in [0.15, 0.2) is 0 Å². The topological polar surface area (TPSA) is 90.9 Å². The number of fused-ring (bicyclic) bond motifs is 1. The number of aliphatic hydroxyl groups is 1. The first-order valence-corrected chi connectivity index (χ1v) is 7.70. The molecule has 0 bridgehead atoms. The minimum Gasteiger partial charge on any atom is -0.497 e. The number of piperazine rings is 1. The second-order valence-corrected chi connectivity index (χ2v) is 5.91. The molecule has 3 N–H and O–H groups in total. The van der Waals surface area contributed by atoms with Crippen LogP contribution in [0.2, 0.25) is 0 Å². The van der Waals surface area contributed by atoms with Crippen LogP contribution in [0.3, 0.4) is 0 Å². The van der Waals surface area contributed by atoms with E-state index in [1.807, 2.05) is 24.3 Å². The molecule has 0 aromatic heterocycles. The van der Waals surface area contributed by atoms with Crippen LogP contribution in [-0.2, 0) is 16.1 Å². The van der Waals surface area contributed by atoms with Gasteiger partial charge in [-0.2, -0.15) is 0 Å². The summed E-state index contributed by atoms with van der Waals surface area (Å²) in [4.78, 5) is 25.8. The van der Waals surface area contributed by atoms with Crippen molar-refractivity contribution in [3.8, 4) is 5.75 Å². The van der Waals surface area contributed by atoms with E-state index in [1.165, 1.54) is 0 Å². The Kier molecular flexibility index (Phi) is 4.49. The van der Waals surface area contributed by atoms with Crippen molar-refractivity contribution < 1.29 is 19.4 Å². The molecular formula is C16H21N3O4. The summed E-state index contributed by atoms with van der Waals surface area (Å²) >= 11 is 0. The van der Waals surface area contributed by atoms with Crippen molar-refractivity contribution in [1.82, 2.24) is 15.5 Å². The van der Waals surface area contributed by atoms with Crippen LogP contribution in [0.15, 0.2) is 24.3 Å². The number of ether oxygens (including phenoxy) is 1. The normalized spacial score (nSPS) is 26.9. The molecule has 0 radical (unpaired) electrons. The number of nitrogens with one attached hydrogen (secondary N) is 2. The molecule has 2 amide bonds. The van der Waals surface area contributed by atoms with E-state index in [9.17, 15) is 14.7 Å². The molecule has 124 valence electrons. The average Bonchev–Trinajstić information content (AvgIpc) is 3.02. The van der Waals surface area contributed by atoms with Crippen LogP contribution in [0.1, 0.15) is 12.0 Å². The van der Waals surface area contributed by atoms with E-state index in [2.05, 4.69) is 10.6 Å². The molecule has 7 heteroatoms. The van der Waals surface area contributed by atoms with Gasteiger partial charge in [0, 0.05) is 19.1 Å². The Morgan fingerprint density at radius 1 is 1.35 bits per heavy atom. The number of rotatable bonds is 5. The van der Waals surface area contributed by atoms with Crippen LogP contribution >= 0.6 is 0 Å². The Balaban J connectivity index is 1.58. The van der Waals surface area contributed by atoms with Gasteiger partial charge in [-0.05, 0) is 24.1 Å². The van der Waals surface area contributed by atoms with Crippen molar-refractivity contribution >= 4 is 11.8 Å². The van der Waals surface area contributed by atoms with E-state index in [1.54, 1.807) is 12.0 Å². The molecule has 7 nitrogen and oxygen atoms in total. The van der Waals surface area contributed by atoms with Crippen LogP contribution in [0.5, 0.6) is 5.75 Å². The number of carbonyl (C=O) groups excluding carboxylic acids is 2. The summed E-state index contributed by atoms with van der Waals surface area (Å²) in [6.45, 7) is 0.787. The Morgan fingerprint density at radius 3 is 2.74 bits per heavy atom. The first-order chi connectivity index (χ1) is 11.1. The lowest BCUT2D eigenvalue weighted by Gasteiger charge is -2.33. The average molecular weight is 319 g/mol. The zero-order chi connectivity index (χ0) is 16.4. The molecule has 0 aliphatic carbocycles. The highest BCUT2D eigenvalue weighted by atomic mass is 16.5. The lowest BCUT2D eigenvalue weighted by Crippen LogP contribution is -2.62. The number of hydrogen-bond donors (Lipinski definition) is 3. The van der Waals surface area contributed by atoms with Gasteiger partial charge in [-0.25, -0.2) is 0 Å². The minimum absolute atomic E-state index is 0.0641. The fraction of sp³-hybridized carbons (Fsp3) is 0.500. The zero-order valence-corrected chi connectivity index (χ0v) is 13.0. The summed E-state index contributed by atoms with van der Waals surface area (Å²) in [5, 5.41) is 15.1. The largest absolute Gasteiger partial charge is 0.497 e. The molecule has 0 saturated carbocycles. The van der Waals surface area contributed by atoms with Crippen LogP contribution in [0.4, 0.5) is 0 Å². The molecule has 2 aliphatic rings. The van der Waals surface area contributed by atoms with Gasteiger partial charge in [0.25, 0.3) is 0 Å². The van der Waals surface area contributed by atoms with E-state index >= 15 is 0 Å². The molecule has 1 aromatic carbocycles. The number of benzene rings is 1. The summed E-state index contributed by atoms with van der Waals surface area (Å²) < 4.78 is 5.13. The number of aliphatic hydroxyl groups excluding tert-OH is 1. The fourth-order valence-electron chi connectivity index (χ4n) is 3.14. The van der Waals surface area contributed by atoms with Crippen LogP contribution < -0.4 is 15.4 Å². The predicted octanol–water partition coefficient (Wildman–Crippen LogP) is -0.755. The summed E-state index contributed by atoms with van der Waals surface area (Å²) in [6.07, 6.45) is 0.589. The van der Waals surface area contributed by atoms with Crippen LogP contribution in [0.25, 0.3) is 0 Å². The van der Waals surface area contributed by atoms with E-state index in [0.29, 0.717) is 19.5 Å². The van der Waals surface area contributed by atoms with Crippen molar-refractivity contribution in [1.29, 1.82) is 0 Å². The van der Waals surface area contributed by atoms with Gasteiger partial charge in [0.05, 0.1) is 13.7 Å². The fourth-order valence-corrected chi connectivity index (χ4v) is 3.14. The maximum absolute atomic E-state index is 12.2. The minimum atomic E-state index is -0.806. The smallest absolute Gasteiger partial charge is 0.248 e. The number of methoxy groups -OCH3 is 1. The summed E-state index contributed by atoms with van der Waals surface area (Å²) in [6, 6.07) is 6.59. The number of carbonyl (C=O) groups is 2.